The molecule has 9 heteroatoms. The molecule has 0 aliphatic carbocycles. The average molecular weight is 522 g/mol. The standard InChI is InChI=1S/C28H31N3O5S/c1-19(2)24-14-9-20(3)17-25(24)36-18-26(32)30-31-28(37)29-27(33)21-10-12-23(13-11-21)35-16-15-34-22-7-5-4-6-8-22/h4-14,17,19H,15-16,18H2,1-3H3,(H,30,32)(H2,29,31,33,37). The van der Waals surface area contributed by atoms with Crippen molar-refractivity contribution in [1.82, 2.24) is 16.2 Å². The molecule has 0 fully saturated rings. The van der Waals surface area contributed by atoms with Gasteiger partial charge in [0.1, 0.15) is 30.5 Å². The fourth-order valence-corrected chi connectivity index (χ4v) is 3.44. The van der Waals surface area contributed by atoms with Gasteiger partial charge in [0.25, 0.3) is 11.8 Å². The van der Waals surface area contributed by atoms with Gasteiger partial charge < -0.3 is 14.2 Å². The molecule has 0 saturated heterocycles. The first kappa shape index (κ1) is 27.5. The van der Waals surface area contributed by atoms with E-state index in [0.717, 1.165) is 16.9 Å². The van der Waals surface area contributed by atoms with Gasteiger partial charge in [-0.25, -0.2) is 0 Å². The van der Waals surface area contributed by atoms with Gasteiger partial charge >= 0.3 is 0 Å². The summed E-state index contributed by atoms with van der Waals surface area (Å²) >= 11 is 5.10. The summed E-state index contributed by atoms with van der Waals surface area (Å²) in [4.78, 5) is 24.6. The molecule has 0 heterocycles. The smallest absolute Gasteiger partial charge is 0.276 e. The summed E-state index contributed by atoms with van der Waals surface area (Å²) < 4.78 is 16.9. The van der Waals surface area contributed by atoms with E-state index in [1.165, 1.54) is 0 Å². The lowest BCUT2D eigenvalue weighted by Crippen LogP contribution is -2.49. The largest absolute Gasteiger partial charge is 0.490 e. The Kier molecular flexibility index (Phi) is 10.3. The molecule has 37 heavy (non-hydrogen) atoms. The highest BCUT2D eigenvalue weighted by molar-refractivity contribution is 7.80. The molecule has 3 aromatic carbocycles. The molecule has 3 N–H and O–H groups in total. The van der Waals surface area contributed by atoms with Crippen molar-refractivity contribution in [3.8, 4) is 17.2 Å². The SMILES string of the molecule is Cc1ccc(C(C)C)c(OCC(=O)NNC(=S)NC(=O)c2ccc(OCCOc3ccccc3)cc2)c1. The lowest BCUT2D eigenvalue weighted by molar-refractivity contribution is -0.123. The number of para-hydroxylation sites is 1. The molecule has 3 rings (SSSR count). The van der Waals surface area contributed by atoms with E-state index in [4.69, 9.17) is 26.4 Å². The quantitative estimate of drug-likeness (QED) is 0.208. The fraction of sp³-hybridized carbons (Fsp3) is 0.250. The minimum absolute atomic E-state index is 0.0461. The van der Waals surface area contributed by atoms with Crippen molar-refractivity contribution in [3.05, 3.63) is 89.5 Å². The summed E-state index contributed by atoms with van der Waals surface area (Å²) in [5.41, 5.74) is 7.37. The van der Waals surface area contributed by atoms with E-state index in [1.54, 1.807) is 24.3 Å². The molecule has 0 unspecified atom stereocenters. The molecule has 0 bridgehead atoms. The van der Waals surface area contributed by atoms with Crippen molar-refractivity contribution >= 4 is 29.1 Å². The monoisotopic (exact) mass is 521 g/mol. The molecule has 0 atom stereocenters. The van der Waals surface area contributed by atoms with Crippen LogP contribution in [0, 0.1) is 6.92 Å². The zero-order valence-corrected chi connectivity index (χ0v) is 21.9. The predicted octanol–water partition coefficient (Wildman–Crippen LogP) is 4.29. The maximum absolute atomic E-state index is 12.4. The van der Waals surface area contributed by atoms with E-state index in [-0.39, 0.29) is 17.6 Å². The number of nitrogens with one attached hydrogen (secondary N) is 3. The Morgan fingerprint density at radius 1 is 0.838 bits per heavy atom. The molecule has 0 aliphatic heterocycles. The van der Waals surface area contributed by atoms with Crippen molar-refractivity contribution in [3.63, 3.8) is 0 Å². The maximum atomic E-state index is 12.4. The summed E-state index contributed by atoms with van der Waals surface area (Å²) in [6.45, 7) is 6.63. The number of carbonyl (C=O) groups is 2. The number of thiocarbonyl (C=S) groups is 1. The van der Waals surface area contributed by atoms with E-state index >= 15 is 0 Å². The third kappa shape index (κ3) is 9.12. The minimum atomic E-state index is -0.439. The maximum Gasteiger partial charge on any atom is 0.276 e. The first-order valence-corrected chi connectivity index (χ1v) is 12.3. The highest BCUT2D eigenvalue weighted by atomic mass is 32.1. The predicted molar refractivity (Wildman–Crippen MR) is 146 cm³/mol. The second-order valence-electron chi connectivity index (χ2n) is 8.48. The number of ether oxygens (including phenoxy) is 3. The summed E-state index contributed by atoms with van der Waals surface area (Å²) in [6, 6.07) is 22.0. The third-order valence-corrected chi connectivity index (χ3v) is 5.38. The van der Waals surface area contributed by atoms with Gasteiger partial charge in [-0.15, -0.1) is 0 Å². The van der Waals surface area contributed by atoms with Gasteiger partial charge in [-0.3, -0.25) is 25.8 Å². The number of rotatable bonds is 10. The van der Waals surface area contributed by atoms with E-state index in [2.05, 4.69) is 30.0 Å². The van der Waals surface area contributed by atoms with Crippen LogP contribution in [0.5, 0.6) is 17.2 Å². The summed E-state index contributed by atoms with van der Waals surface area (Å²) in [6.07, 6.45) is 0. The molecule has 3 aromatic rings. The van der Waals surface area contributed by atoms with Crippen LogP contribution in [0.2, 0.25) is 0 Å². The molecule has 0 saturated carbocycles. The van der Waals surface area contributed by atoms with Crippen LogP contribution >= 0.6 is 12.2 Å². The van der Waals surface area contributed by atoms with Crippen molar-refractivity contribution in [1.29, 1.82) is 0 Å². The molecule has 0 spiro atoms. The average Bonchev–Trinajstić information content (AvgIpc) is 2.89. The number of carbonyl (C=O) groups excluding carboxylic acids is 2. The van der Waals surface area contributed by atoms with Gasteiger partial charge in [-0.1, -0.05) is 44.2 Å². The van der Waals surface area contributed by atoms with Crippen LogP contribution in [0.3, 0.4) is 0 Å². The Balaban J connectivity index is 1.37. The second kappa shape index (κ2) is 13.8. The molecule has 0 aliphatic rings. The molecule has 2 amide bonds. The molecule has 0 aromatic heterocycles. The molecular weight excluding hydrogens is 490 g/mol. The highest BCUT2D eigenvalue weighted by Gasteiger charge is 2.12. The van der Waals surface area contributed by atoms with Gasteiger partial charge in [0.15, 0.2) is 11.7 Å². The Morgan fingerprint density at radius 2 is 1.49 bits per heavy atom. The van der Waals surface area contributed by atoms with Gasteiger partial charge in [0.05, 0.1) is 0 Å². The zero-order chi connectivity index (χ0) is 26.6. The van der Waals surface area contributed by atoms with Gasteiger partial charge in [0.2, 0.25) is 0 Å². The van der Waals surface area contributed by atoms with E-state index < -0.39 is 11.8 Å². The molecule has 194 valence electrons. The first-order chi connectivity index (χ1) is 17.8. The number of hydrazine groups is 1. The van der Waals surface area contributed by atoms with Crippen molar-refractivity contribution in [2.45, 2.75) is 26.7 Å². The van der Waals surface area contributed by atoms with Crippen molar-refractivity contribution in [2.24, 2.45) is 0 Å². The topological polar surface area (TPSA) is 97.9 Å². The molecular formula is C28H31N3O5S. The normalized spacial score (nSPS) is 10.4. The Morgan fingerprint density at radius 3 is 2.14 bits per heavy atom. The van der Waals surface area contributed by atoms with Gasteiger partial charge in [0, 0.05) is 5.56 Å². The van der Waals surface area contributed by atoms with Crippen molar-refractivity contribution in [2.75, 3.05) is 19.8 Å². The Hall–Kier alpha value is -4.11. The summed E-state index contributed by atoms with van der Waals surface area (Å²) in [7, 11) is 0. The van der Waals surface area contributed by atoms with Crippen LogP contribution in [0.1, 0.15) is 41.3 Å². The van der Waals surface area contributed by atoms with Crippen LogP contribution in [-0.4, -0.2) is 36.7 Å². The summed E-state index contributed by atoms with van der Waals surface area (Å²) in [5, 5.41) is 2.47. The number of hydrogen-bond acceptors (Lipinski definition) is 6. The van der Waals surface area contributed by atoms with Gasteiger partial charge in [-0.2, -0.15) is 0 Å². The van der Waals surface area contributed by atoms with Gasteiger partial charge in [-0.05, 0) is 78.7 Å². The Labute approximate surface area is 222 Å². The lowest BCUT2D eigenvalue weighted by Gasteiger charge is -2.15. The van der Waals surface area contributed by atoms with E-state index in [1.807, 2.05) is 55.5 Å². The summed E-state index contributed by atoms with van der Waals surface area (Å²) in [5.74, 6) is 1.44. The van der Waals surface area contributed by atoms with E-state index in [0.29, 0.717) is 30.3 Å². The van der Waals surface area contributed by atoms with E-state index in [9.17, 15) is 9.59 Å². The zero-order valence-electron chi connectivity index (χ0n) is 21.1. The number of benzene rings is 3. The van der Waals surface area contributed by atoms with Crippen LogP contribution < -0.4 is 30.4 Å². The van der Waals surface area contributed by atoms with Crippen molar-refractivity contribution < 1.29 is 23.8 Å². The number of amides is 2. The number of aryl methyl sites for hydroxylation is 1. The Bertz CT molecular complexity index is 1200. The second-order valence-corrected chi connectivity index (χ2v) is 8.88. The highest BCUT2D eigenvalue weighted by Crippen LogP contribution is 2.27. The fourth-order valence-electron chi connectivity index (χ4n) is 3.29. The molecule has 8 nitrogen and oxygen atoms in total. The third-order valence-electron chi connectivity index (χ3n) is 5.17. The lowest BCUT2D eigenvalue weighted by atomic mass is 10.0. The minimum Gasteiger partial charge on any atom is -0.490 e. The molecule has 0 radical (unpaired) electrons. The first-order valence-electron chi connectivity index (χ1n) is 11.9. The van der Waals surface area contributed by atoms with Crippen LogP contribution in [0.4, 0.5) is 0 Å². The van der Waals surface area contributed by atoms with Crippen LogP contribution in [-0.2, 0) is 4.79 Å². The van der Waals surface area contributed by atoms with Crippen LogP contribution in [0.25, 0.3) is 0 Å². The van der Waals surface area contributed by atoms with Crippen LogP contribution in [0.15, 0.2) is 72.8 Å². The number of hydrogen-bond donors (Lipinski definition) is 3.